The third-order valence-corrected chi connectivity index (χ3v) is 5.44. The molecule has 0 aliphatic heterocycles. The van der Waals surface area contributed by atoms with Gasteiger partial charge in [0.05, 0.1) is 40.4 Å². The number of hydrogen-bond donors (Lipinski definition) is 2. The fourth-order valence-corrected chi connectivity index (χ4v) is 3.74. The summed E-state index contributed by atoms with van der Waals surface area (Å²) < 4.78 is 7.45. The number of carbonyl (C=O) groups excluding carboxylic acids is 1. The summed E-state index contributed by atoms with van der Waals surface area (Å²) >= 11 is 0. The van der Waals surface area contributed by atoms with Gasteiger partial charge in [-0.3, -0.25) is 9.78 Å². The Bertz CT molecular complexity index is 1540. The van der Waals surface area contributed by atoms with Crippen LogP contribution in [0.15, 0.2) is 91.5 Å². The third-order valence-electron chi connectivity index (χ3n) is 5.44. The molecule has 3 aromatic heterocycles. The Labute approximate surface area is 201 Å². The zero-order chi connectivity index (χ0) is 24.2. The molecule has 8 nitrogen and oxygen atoms in total. The van der Waals surface area contributed by atoms with E-state index in [1.807, 2.05) is 61.5 Å². The first-order valence-electron chi connectivity index (χ1n) is 10.8. The zero-order valence-corrected chi connectivity index (χ0v) is 18.8. The third kappa shape index (κ3) is 4.51. The number of carbonyl (C=O) groups is 1. The Morgan fingerprint density at radius 3 is 2.46 bits per heavy atom. The Morgan fingerprint density at radius 1 is 0.971 bits per heavy atom. The number of para-hydroxylation sites is 1. The summed E-state index contributed by atoms with van der Waals surface area (Å²) in [5.41, 5.74) is 4.07. The van der Waals surface area contributed by atoms with Gasteiger partial charge in [-0.2, -0.15) is 10.4 Å². The lowest BCUT2D eigenvalue weighted by molar-refractivity contribution is 0.102. The number of hydrogen-bond acceptors (Lipinski definition) is 6. The van der Waals surface area contributed by atoms with Crippen LogP contribution in [0.1, 0.15) is 21.5 Å². The molecule has 170 valence electrons. The minimum atomic E-state index is -0.284. The summed E-state index contributed by atoms with van der Waals surface area (Å²) in [6.45, 7) is 1.83. The van der Waals surface area contributed by atoms with Crippen LogP contribution < -0.4 is 15.4 Å². The van der Waals surface area contributed by atoms with Gasteiger partial charge in [0.2, 0.25) is 0 Å². The number of rotatable bonds is 6. The van der Waals surface area contributed by atoms with Crippen LogP contribution in [0.5, 0.6) is 11.5 Å². The number of nitrogens with one attached hydrogen (secondary N) is 2. The second-order valence-electron chi connectivity index (χ2n) is 7.77. The smallest absolute Gasteiger partial charge is 0.257 e. The number of benzene rings is 2. The van der Waals surface area contributed by atoms with Crippen LogP contribution in [0, 0.1) is 18.3 Å². The molecular formula is C27H20N6O2. The second-order valence-corrected chi connectivity index (χ2v) is 7.77. The molecule has 5 aromatic rings. The van der Waals surface area contributed by atoms with E-state index in [0.717, 1.165) is 11.4 Å². The highest BCUT2D eigenvalue weighted by Crippen LogP contribution is 2.31. The van der Waals surface area contributed by atoms with E-state index < -0.39 is 0 Å². The highest BCUT2D eigenvalue weighted by atomic mass is 16.5. The lowest BCUT2D eigenvalue weighted by Crippen LogP contribution is -2.12. The molecule has 0 saturated heterocycles. The molecule has 0 aliphatic carbocycles. The molecule has 8 heteroatoms. The molecular weight excluding hydrogens is 440 g/mol. The van der Waals surface area contributed by atoms with Crippen LogP contribution in [0.3, 0.4) is 0 Å². The molecule has 0 spiro atoms. The molecule has 0 fully saturated rings. The fraction of sp³-hybridized carbons (Fsp3) is 0.0370. The van der Waals surface area contributed by atoms with Crippen LogP contribution in [-0.4, -0.2) is 20.5 Å². The van der Waals surface area contributed by atoms with Gasteiger partial charge in [0.25, 0.3) is 5.91 Å². The predicted octanol–water partition coefficient (Wildman–Crippen LogP) is 5.70. The molecule has 0 bridgehead atoms. The number of nitrogens with zero attached hydrogens (tertiary/aromatic N) is 4. The molecule has 1 amide bonds. The Morgan fingerprint density at radius 2 is 1.74 bits per heavy atom. The topological polar surface area (TPSA) is 104 Å². The van der Waals surface area contributed by atoms with Gasteiger partial charge in [0.1, 0.15) is 17.6 Å². The summed E-state index contributed by atoms with van der Waals surface area (Å²) in [7, 11) is 0. The number of ether oxygens (including phenoxy) is 1. The fourth-order valence-electron chi connectivity index (χ4n) is 3.74. The lowest BCUT2D eigenvalue weighted by atomic mass is 10.1. The Balaban J connectivity index is 1.45. The van der Waals surface area contributed by atoms with Gasteiger partial charge < -0.3 is 15.4 Å². The SMILES string of the molecule is Cc1c(C(=O)Nc2cccnc2)cn2ncc(C#N)c(Nc3ccc(Oc4ccccc4)cc3)c12. The van der Waals surface area contributed by atoms with Crippen molar-refractivity contribution in [2.24, 2.45) is 0 Å². The van der Waals surface area contributed by atoms with Gasteiger partial charge in [-0.1, -0.05) is 18.2 Å². The predicted molar refractivity (Wildman–Crippen MR) is 133 cm³/mol. The van der Waals surface area contributed by atoms with Gasteiger partial charge in [-0.15, -0.1) is 0 Å². The lowest BCUT2D eigenvalue weighted by Gasteiger charge is -2.12. The number of anilines is 3. The normalized spacial score (nSPS) is 10.5. The monoisotopic (exact) mass is 460 g/mol. The highest BCUT2D eigenvalue weighted by Gasteiger charge is 2.20. The highest BCUT2D eigenvalue weighted by molar-refractivity contribution is 6.07. The first-order valence-corrected chi connectivity index (χ1v) is 10.8. The molecule has 0 aliphatic rings. The standard InChI is InChI=1S/C27H20N6O2/c1-18-24(27(34)32-21-6-5-13-29-16-21)17-33-26(18)25(19(14-28)15-30-33)31-20-9-11-23(12-10-20)35-22-7-3-2-4-8-22/h2-13,15-17,31H,1H3,(H,32,34). The average Bonchev–Trinajstić information content (AvgIpc) is 3.23. The molecule has 2 aromatic carbocycles. The van der Waals surface area contributed by atoms with Crippen molar-refractivity contribution in [3.8, 4) is 17.6 Å². The van der Waals surface area contributed by atoms with Gasteiger partial charge in [0, 0.05) is 18.1 Å². The summed E-state index contributed by atoms with van der Waals surface area (Å²) in [6.07, 6.45) is 6.34. The number of pyridine rings is 1. The van der Waals surface area contributed by atoms with E-state index >= 15 is 0 Å². The maximum Gasteiger partial charge on any atom is 0.257 e. The number of fused-ring (bicyclic) bond motifs is 1. The van der Waals surface area contributed by atoms with Crippen molar-refractivity contribution in [3.05, 3.63) is 108 Å². The molecule has 3 heterocycles. The van der Waals surface area contributed by atoms with Crippen molar-refractivity contribution in [2.45, 2.75) is 6.92 Å². The van der Waals surface area contributed by atoms with Gasteiger partial charge >= 0.3 is 0 Å². The van der Waals surface area contributed by atoms with E-state index in [9.17, 15) is 10.1 Å². The molecule has 0 saturated carbocycles. The second kappa shape index (κ2) is 9.37. The van der Waals surface area contributed by atoms with Crippen molar-refractivity contribution in [1.82, 2.24) is 14.6 Å². The van der Waals surface area contributed by atoms with E-state index in [1.165, 1.54) is 6.20 Å². The number of nitriles is 1. The summed E-state index contributed by atoms with van der Waals surface area (Å²) in [5, 5.41) is 20.2. The van der Waals surface area contributed by atoms with E-state index in [2.05, 4.69) is 26.8 Å². The number of aromatic nitrogens is 3. The molecule has 2 N–H and O–H groups in total. The molecule has 0 unspecified atom stereocenters. The first-order chi connectivity index (χ1) is 17.1. The Kier molecular flexibility index (Phi) is 5.80. The largest absolute Gasteiger partial charge is 0.457 e. The number of amides is 1. The molecule has 0 radical (unpaired) electrons. The summed E-state index contributed by atoms with van der Waals surface area (Å²) in [6, 6.07) is 22.6. The van der Waals surface area contributed by atoms with Crippen molar-refractivity contribution in [3.63, 3.8) is 0 Å². The summed E-state index contributed by atoms with van der Waals surface area (Å²) in [4.78, 5) is 17.0. The molecule has 35 heavy (non-hydrogen) atoms. The molecule has 5 rings (SSSR count). The van der Waals surface area contributed by atoms with Crippen LogP contribution in [-0.2, 0) is 0 Å². The van der Waals surface area contributed by atoms with Gasteiger partial charge in [0.15, 0.2) is 0 Å². The minimum Gasteiger partial charge on any atom is -0.457 e. The van der Waals surface area contributed by atoms with Crippen molar-refractivity contribution < 1.29 is 9.53 Å². The average molecular weight is 460 g/mol. The van der Waals surface area contributed by atoms with Crippen molar-refractivity contribution in [1.29, 1.82) is 5.26 Å². The van der Waals surface area contributed by atoms with E-state index in [1.54, 1.807) is 35.2 Å². The van der Waals surface area contributed by atoms with Crippen molar-refractivity contribution >= 4 is 28.5 Å². The van der Waals surface area contributed by atoms with Crippen LogP contribution >= 0.6 is 0 Å². The van der Waals surface area contributed by atoms with Gasteiger partial charge in [-0.25, -0.2) is 4.52 Å². The summed E-state index contributed by atoms with van der Waals surface area (Å²) in [5.74, 6) is 1.15. The number of aryl methyl sites for hydroxylation is 1. The quantitative estimate of drug-likeness (QED) is 0.337. The first kappa shape index (κ1) is 21.7. The Hall–Kier alpha value is -5.16. The van der Waals surface area contributed by atoms with Crippen LogP contribution in [0.2, 0.25) is 0 Å². The maximum atomic E-state index is 12.9. The van der Waals surface area contributed by atoms with E-state index in [-0.39, 0.29) is 5.91 Å². The minimum absolute atomic E-state index is 0.284. The maximum absolute atomic E-state index is 12.9. The van der Waals surface area contributed by atoms with Gasteiger partial charge in [-0.05, 0) is 61.0 Å². The van der Waals surface area contributed by atoms with Crippen LogP contribution in [0.25, 0.3) is 5.52 Å². The zero-order valence-electron chi connectivity index (χ0n) is 18.8. The van der Waals surface area contributed by atoms with E-state index in [4.69, 9.17) is 4.74 Å². The molecule has 0 atom stereocenters. The van der Waals surface area contributed by atoms with Crippen molar-refractivity contribution in [2.75, 3.05) is 10.6 Å². The van der Waals surface area contributed by atoms with Crippen LogP contribution in [0.4, 0.5) is 17.1 Å². The van der Waals surface area contributed by atoms with E-state index in [0.29, 0.717) is 39.3 Å².